The molecule has 1 aromatic heterocycles. The van der Waals surface area contributed by atoms with Gasteiger partial charge in [-0.1, -0.05) is 20.8 Å². The molecule has 0 aliphatic heterocycles. The lowest BCUT2D eigenvalue weighted by atomic mass is 9.97. The fraction of sp³-hybridized carbons (Fsp3) is 0.500. The molecule has 78 valence electrons. The third kappa shape index (κ3) is 3.12. The molecule has 4 nitrogen and oxygen atoms in total. The van der Waals surface area contributed by atoms with Crippen LogP contribution in [0.25, 0.3) is 0 Å². The second-order valence-corrected chi connectivity index (χ2v) is 4.59. The van der Waals surface area contributed by atoms with Crippen LogP contribution in [0, 0.1) is 5.41 Å². The van der Waals surface area contributed by atoms with Crippen molar-refractivity contribution in [1.82, 2.24) is 10.3 Å². The SMILES string of the molecule is CC(C)(C)CNC(=O)c1cc(N)c[nH]1. The average molecular weight is 195 g/mol. The highest BCUT2D eigenvalue weighted by molar-refractivity contribution is 5.93. The Kier molecular flexibility index (Phi) is 2.84. The fourth-order valence-electron chi connectivity index (χ4n) is 0.983. The van der Waals surface area contributed by atoms with Gasteiger partial charge in [-0.25, -0.2) is 0 Å². The first-order valence-electron chi connectivity index (χ1n) is 4.60. The number of nitrogens with two attached hydrogens (primary N) is 1. The van der Waals surface area contributed by atoms with Crippen LogP contribution in [0.5, 0.6) is 0 Å². The van der Waals surface area contributed by atoms with Gasteiger partial charge < -0.3 is 16.0 Å². The van der Waals surface area contributed by atoms with E-state index in [1.807, 2.05) is 0 Å². The van der Waals surface area contributed by atoms with Crippen molar-refractivity contribution in [3.05, 3.63) is 18.0 Å². The van der Waals surface area contributed by atoms with E-state index in [1.165, 1.54) is 0 Å². The van der Waals surface area contributed by atoms with Crippen molar-refractivity contribution in [2.24, 2.45) is 5.41 Å². The van der Waals surface area contributed by atoms with Gasteiger partial charge in [-0.05, 0) is 11.5 Å². The molecule has 0 bridgehead atoms. The number of H-pyrrole nitrogens is 1. The third-order valence-electron chi connectivity index (χ3n) is 1.73. The molecular formula is C10H17N3O. The van der Waals surface area contributed by atoms with E-state index in [-0.39, 0.29) is 11.3 Å². The molecule has 0 unspecified atom stereocenters. The van der Waals surface area contributed by atoms with Crippen LogP contribution < -0.4 is 11.1 Å². The standard InChI is InChI=1S/C10H17N3O/c1-10(2,3)6-13-9(14)8-4-7(11)5-12-8/h4-5,12H,6,11H2,1-3H3,(H,13,14). The number of rotatable bonds is 2. The van der Waals surface area contributed by atoms with E-state index in [0.29, 0.717) is 17.9 Å². The molecule has 0 saturated heterocycles. The van der Waals surface area contributed by atoms with E-state index in [2.05, 4.69) is 31.1 Å². The Bertz CT molecular complexity index is 322. The molecular weight excluding hydrogens is 178 g/mol. The summed E-state index contributed by atoms with van der Waals surface area (Å²) in [4.78, 5) is 14.3. The molecule has 0 aliphatic carbocycles. The lowest BCUT2D eigenvalue weighted by Gasteiger charge is -2.18. The van der Waals surface area contributed by atoms with Crippen molar-refractivity contribution in [2.45, 2.75) is 20.8 Å². The first-order chi connectivity index (χ1) is 6.38. The lowest BCUT2D eigenvalue weighted by molar-refractivity contribution is 0.0935. The molecule has 0 spiro atoms. The number of anilines is 1. The summed E-state index contributed by atoms with van der Waals surface area (Å²) in [6.45, 7) is 6.84. The first-order valence-corrected chi connectivity index (χ1v) is 4.60. The van der Waals surface area contributed by atoms with Gasteiger partial charge in [0.25, 0.3) is 5.91 Å². The molecule has 1 rings (SSSR count). The molecule has 0 saturated carbocycles. The van der Waals surface area contributed by atoms with E-state index in [4.69, 9.17) is 5.73 Å². The predicted octanol–water partition coefficient (Wildman–Crippen LogP) is 1.37. The van der Waals surface area contributed by atoms with E-state index < -0.39 is 0 Å². The summed E-state index contributed by atoms with van der Waals surface area (Å²) in [5, 5.41) is 2.83. The molecule has 1 amide bonds. The highest BCUT2D eigenvalue weighted by Crippen LogP contribution is 2.11. The number of nitrogens with one attached hydrogen (secondary N) is 2. The number of aromatic amines is 1. The van der Waals surface area contributed by atoms with Crippen LogP contribution >= 0.6 is 0 Å². The minimum Gasteiger partial charge on any atom is -0.397 e. The number of carbonyl (C=O) groups is 1. The van der Waals surface area contributed by atoms with Gasteiger partial charge in [0.05, 0.1) is 0 Å². The number of hydrogen-bond donors (Lipinski definition) is 3. The summed E-state index contributed by atoms with van der Waals surface area (Å²) in [6, 6.07) is 1.62. The molecule has 0 aliphatic rings. The topological polar surface area (TPSA) is 70.9 Å². The summed E-state index contributed by atoms with van der Waals surface area (Å²) in [5.41, 5.74) is 6.66. The van der Waals surface area contributed by atoms with Crippen molar-refractivity contribution in [2.75, 3.05) is 12.3 Å². The van der Waals surface area contributed by atoms with Crippen LogP contribution in [-0.4, -0.2) is 17.4 Å². The van der Waals surface area contributed by atoms with E-state index >= 15 is 0 Å². The van der Waals surface area contributed by atoms with Crippen LogP contribution in [-0.2, 0) is 0 Å². The summed E-state index contributed by atoms with van der Waals surface area (Å²) in [6.07, 6.45) is 1.60. The van der Waals surface area contributed by atoms with Gasteiger partial charge in [0, 0.05) is 18.4 Å². The number of amides is 1. The third-order valence-corrected chi connectivity index (χ3v) is 1.73. The summed E-state index contributed by atoms with van der Waals surface area (Å²) >= 11 is 0. The Labute approximate surface area is 83.9 Å². The predicted molar refractivity (Wildman–Crippen MR) is 57.0 cm³/mol. The molecule has 0 aromatic carbocycles. The van der Waals surface area contributed by atoms with Gasteiger partial charge in [-0.2, -0.15) is 0 Å². The molecule has 4 heteroatoms. The highest BCUT2D eigenvalue weighted by Gasteiger charge is 2.13. The van der Waals surface area contributed by atoms with Crippen molar-refractivity contribution < 1.29 is 4.79 Å². The second kappa shape index (κ2) is 3.74. The molecule has 1 aromatic rings. The Balaban J connectivity index is 2.52. The minimum absolute atomic E-state index is 0.0911. The molecule has 0 atom stereocenters. The Morgan fingerprint density at radius 2 is 2.21 bits per heavy atom. The fourth-order valence-corrected chi connectivity index (χ4v) is 0.983. The average Bonchev–Trinajstić information content (AvgIpc) is 2.46. The van der Waals surface area contributed by atoms with Crippen LogP contribution in [0.3, 0.4) is 0 Å². The number of carbonyl (C=O) groups excluding carboxylic acids is 1. The van der Waals surface area contributed by atoms with Crippen LogP contribution in [0.15, 0.2) is 12.3 Å². The quantitative estimate of drug-likeness (QED) is 0.667. The molecule has 14 heavy (non-hydrogen) atoms. The number of hydrogen-bond acceptors (Lipinski definition) is 2. The van der Waals surface area contributed by atoms with Crippen molar-refractivity contribution in [1.29, 1.82) is 0 Å². The largest absolute Gasteiger partial charge is 0.397 e. The van der Waals surface area contributed by atoms with Crippen LogP contribution in [0.1, 0.15) is 31.3 Å². The Hall–Kier alpha value is -1.45. The molecule has 0 radical (unpaired) electrons. The van der Waals surface area contributed by atoms with E-state index in [0.717, 1.165) is 0 Å². The Morgan fingerprint density at radius 3 is 2.64 bits per heavy atom. The van der Waals surface area contributed by atoms with Crippen molar-refractivity contribution >= 4 is 11.6 Å². The van der Waals surface area contributed by atoms with Gasteiger partial charge in [0.2, 0.25) is 0 Å². The molecule has 4 N–H and O–H groups in total. The zero-order chi connectivity index (χ0) is 10.8. The van der Waals surface area contributed by atoms with Gasteiger partial charge in [0.1, 0.15) is 5.69 Å². The van der Waals surface area contributed by atoms with E-state index in [1.54, 1.807) is 12.3 Å². The van der Waals surface area contributed by atoms with Gasteiger partial charge >= 0.3 is 0 Å². The maximum Gasteiger partial charge on any atom is 0.267 e. The zero-order valence-electron chi connectivity index (χ0n) is 8.85. The maximum atomic E-state index is 11.5. The van der Waals surface area contributed by atoms with Gasteiger partial charge in [-0.15, -0.1) is 0 Å². The molecule has 1 heterocycles. The van der Waals surface area contributed by atoms with Crippen LogP contribution in [0.2, 0.25) is 0 Å². The van der Waals surface area contributed by atoms with E-state index in [9.17, 15) is 4.79 Å². The van der Waals surface area contributed by atoms with Crippen molar-refractivity contribution in [3.63, 3.8) is 0 Å². The smallest absolute Gasteiger partial charge is 0.267 e. The lowest BCUT2D eigenvalue weighted by Crippen LogP contribution is -2.32. The summed E-state index contributed by atoms with van der Waals surface area (Å²) in [5.74, 6) is -0.114. The monoisotopic (exact) mass is 195 g/mol. The van der Waals surface area contributed by atoms with Crippen LogP contribution in [0.4, 0.5) is 5.69 Å². The number of nitrogen functional groups attached to an aromatic ring is 1. The van der Waals surface area contributed by atoms with Gasteiger partial charge in [0.15, 0.2) is 0 Å². The normalized spacial score (nSPS) is 11.4. The van der Waals surface area contributed by atoms with Crippen molar-refractivity contribution in [3.8, 4) is 0 Å². The van der Waals surface area contributed by atoms with Gasteiger partial charge in [-0.3, -0.25) is 4.79 Å². The second-order valence-electron chi connectivity index (χ2n) is 4.59. The highest BCUT2D eigenvalue weighted by atomic mass is 16.1. The summed E-state index contributed by atoms with van der Waals surface area (Å²) < 4.78 is 0. The maximum absolute atomic E-state index is 11.5. The number of aromatic nitrogens is 1. The first kappa shape index (κ1) is 10.6. The molecule has 0 fully saturated rings. The minimum atomic E-state index is -0.114. The summed E-state index contributed by atoms with van der Waals surface area (Å²) in [7, 11) is 0. The zero-order valence-corrected chi connectivity index (χ0v) is 8.85. The Morgan fingerprint density at radius 1 is 1.57 bits per heavy atom.